The van der Waals surface area contributed by atoms with Gasteiger partial charge in [-0.3, -0.25) is 0 Å². The summed E-state index contributed by atoms with van der Waals surface area (Å²) in [6, 6.07) is 13.5. The molecule has 0 bridgehead atoms. The SMILES string of the molecule is CCc1cc(-c2ccccc2)c([O-])cc1OCCCCCC(C)(C)C1NNNN1.[Na+]. The maximum Gasteiger partial charge on any atom is 1.00 e. The number of nitrogens with one attached hydrogen (secondary N) is 4. The van der Waals surface area contributed by atoms with E-state index in [-0.39, 0.29) is 46.9 Å². The van der Waals surface area contributed by atoms with E-state index in [0.717, 1.165) is 54.5 Å². The quantitative estimate of drug-likeness (QED) is 0.329. The maximum atomic E-state index is 12.6. The van der Waals surface area contributed by atoms with Crippen molar-refractivity contribution in [1.29, 1.82) is 0 Å². The Hall–Kier alpha value is -1.12. The van der Waals surface area contributed by atoms with E-state index in [4.69, 9.17) is 4.74 Å². The Kier molecular flexibility index (Phi) is 10.1. The number of hydrazine groups is 3. The van der Waals surface area contributed by atoms with E-state index in [0.29, 0.717) is 6.61 Å². The van der Waals surface area contributed by atoms with E-state index >= 15 is 0 Å². The van der Waals surface area contributed by atoms with Crippen LogP contribution in [-0.4, -0.2) is 12.8 Å². The van der Waals surface area contributed by atoms with Gasteiger partial charge in [-0.1, -0.05) is 69.7 Å². The minimum atomic E-state index is 0. The fraction of sp³-hybridized carbons (Fsp3) is 0.478. The van der Waals surface area contributed by atoms with Gasteiger partial charge < -0.3 is 9.84 Å². The Morgan fingerprint density at radius 3 is 2.37 bits per heavy atom. The molecule has 30 heavy (non-hydrogen) atoms. The molecule has 0 radical (unpaired) electrons. The van der Waals surface area contributed by atoms with Crippen LogP contribution in [0.15, 0.2) is 42.5 Å². The minimum absolute atomic E-state index is 0. The first-order valence-electron chi connectivity index (χ1n) is 10.5. The zero-order valence-electron chi connectivity index (χ0n) is 18.7. The Morgan fingerprint density at radius 2 is 1.70 bits per heavy atom. The number of ether oxygens (including phenoxy) is 1. The summed E-state index contributed by atoms with van der Waals surface area (Å²) in [5, 5.41) is 12.6. The van der Waals surface area contributed by atoms with Crippen LogP contribution in [-0.2, 0) is 6.42 Å². The van der Waals surface area contributed by atoms with Gasteiger partial charge in [-0.15, -0.1) is 0 Å². The molecule has 0 aromatic heterocycles. The zero-order chi connectivity index (χ0) is 20.7. The third kappa shape index (κ3) is 6.69. The molecule has 0 spiro atoms. The second kappa shape index (κ2) is 12.1. The molecular weight excluding hydrogens is 387 g/mol. The molecule has 2 aromatic rings. The van der Waals surface area contributed by atoms with Gasteiger partial charge in [0, 0.05) is 0 Å². The summed E-state index contributed by atoms with van der Waals surface area (Å²) < 4.78 is 5.99. The predicted molar refractivity (Wildman–Crippen MR) is 115 cm³/mol. The number of benzene rings is 2. The first-order valence-corrected chi connectivity index (χ1v) is 10.5. The molecule has 0 amide bonds. The van der Waals surface area contributed by atoms with Crippen molar-refractivity contribution in [1.82, 2.24) is 21.9 Å². The second-order valence-corrected chi connectivity index (χ2v) is 8.30. The fourth-order valence-electron chi connectivity index (χ4n) is 3.69. The Bertz CT molecular complexity index is 780. The topological polar surface area (TPSA) is 80.4 Å². The standard InChI is InChI=1S/C23H34N4O2.Na/c1-4-17-15-19(18-11-7-5-8-12-18)20(28)16-21(17)29-14-10-6-9-13-23(2,3)22-24-26-27-25-22;/h5,7-8,11-12,15-16,22,24-28H,4,6,9-10,13-14H2,1-3H3;/q;+1/p-1. The Labute approximate surface area is 202 Å². The molecule has 0 aliphatic carbocycles. The zero-order valence-corrected chi connectivity index (χ0v) is 20.7. The molecule has 1 aliphatic heterocycles. The molecule has 4 N–H and O–H groups in total. The van der Waals surface area contributed by atoms with Crippen molar-refractivity contribution in [2.24, 2.45) is 5.41 Å². The van der Waals surface area contributed by atoms with Crippen LogP contribution >= 0.6 is 0 Å². The van der Waals surface area contributed by atoms with Crippen molar-refractivity contribution in [3.05, 3.63) is 48.0 Å². The molecule has 1 fully saturated rings. The molecule has 1 aliphatic rings. The summed E-state index contributed by atoms with van der Waals surface area (Å²) in [5.74, 6) is 0.748. The van der Waals surface area contributed by atoms with Crippen LogP contribution in [0.4, 0.5) is 0 Å². The average Bonchev–Trinajstić information content (AvgIpc) is 3.27. The largest absolute Gasteiger partial charge is 1.00 e. The van der Waals surface area contributed by atoms with Crippen LogP contribution in [0.3, 0.4) is 0 Å². The summed E-state index contributed by atoms with van der Waals surface area (Å²) in [6.45, 7) is 7.24. The molecule has 0 unspecified atom stereocenters. The molecular formula is C23H33N4NaO2. The molecule has 2 aromatic carbocycles. The number of rotatable bonds is 10. The van der Waals surface area contributed by atoms with Crippen LogP contribution in [0.5, 0.6) is 11.5 Å². The molecule has 3 rings (SSSR count). The van der Waals surface area contributed by atoms with Gasteiger partial charge in [-0.05, 0) is 53.5 Å². The molecule has 1 heterocycles. The van der Waals surface area contributed by atoms with Crippen LogP contribution in [0.25, 0.3) is 11.1 Å². The van der Waals surface area contributed by atoms with Gasteiger partial charge in [0.05, 0.1) is 12.8 Å². The normalized spacial score (nSPS) is 14.5. The summed E-state index contributed by atoms with van der Waals surface area (Å²) in [4.78, 5) is 0. The fourth-order valence-corrected chi connectivity index (χ4v) is 3.69. The first kappa shape index (κ1) is 25.1. The molecule has 158 valence electrons. The molecule has 0 saturated carbocycles. The average molecular weight is 421 g/mol. The van der Waals surface area contributed by atoms with Gasteiger partial charge in [-0.25, -0.2) is 10.9 Å². The van der Waals surface area contributed by atoms with Crippen molar-refractivity contribution in [3.8, 4) is 22.6 Å². The summed E-state index contributed by atoms with van der Waals surface area (Å²) >= 11 is 0. The van der Waals surface area contributed by atoms with Gasteiger partial charge >= 0.3 is 29.6 Å². The molecule has 0 atom stereocenters. The van der Waals surface area contributed by atoms with E-state index in [9.17, 15) is 5.11 Å². The van der Waals surface area contributed by atoms with Crippen LogP contribution in [0.2, 0.25) is 0 Å². The van der Waals surface area contributed by atoms with Gasteiger partial charge in [0.15, 0.2) is 0 Å². The van der Waals surface area contributed by atoms with Crippen LogP contribution in [0.1, 0.15) is 52.0 Å². The van der Waals surface area contributed by atoms with Crippen LogP contribution in [0, 0.1) is 5.41 Å². The summed E-state index contributed by atoms with van der Waals surface area (Å²) in [5.41, 5.74) is 15.0. The van der Waals surface area contributed by atoms with E-state index in [1.54, 1.807) is 6.07 Å². The van der Waals surface area contributed by atoms with E-state index in [2.05, 4.69) is 42.7 Å². The number of unbranched alkanes of at least 4 members (excludes halogenated alkanes) is 2. The van der Waals surface area contributed by atoms with Gasteiger partial charge in [-0.2, -0.15) is 11.1 Å². The second-order valence-electron chi connectivity index (χ2n) is 8.30. The van der Waals surface area contributed by atoms with E-state index in [1.165, 1.54) is 0 Å². The van der Waals surface area contributed by atoms with Crippen molar-refractivity contribution in [3.63, 3.8) is 0 Å². The van der Waals surface area contributed by atoms with Crippen molar-refractivity contribution in [2.75, 3.05) is 6.61 Å². The van der Waals surface area contributed by atoms with Crippen LogP contribution < -0.4 is 61.3 Å². The molecule has 1 saturated heterocycles. The number of hydrogen-bond donors (Lipinski definition) is 4. The Balaban J connectivity index is 0.00000320. The maximum absolute atomic E-state index is 12.6. The van der Waals surface area contributed by atoms with Crippen molar-refractivity contribution >= 4 is 0 Å². The summed E-state index contributed by atoms with van der Waals surface area (Å²) in [7, 11) is 0. The Morgan fingerprint density at radius 1 is 1.00 bits per heavy atom. The van der Waals surface area contributed by atoms with E-state index < -0.39 is 0 Å². The first-order chi connectivity index (χ1) is 14.0. The van der Waals surface area contributed by atoms with Gasteiger partial charge in [0.1, 0.15) is 5.75 Å². The monoisotopic (exact) mass is 420 g/mol. The number of aryl methyl sites for hydroxylation is 1. The summed E-state index contributed by atoms with van der Waals surface area (Å²) in [6.07, 6.45) is 5.37. The third-order valence-electron chi connectivity index (χ3n) is 5.63. The predicted octanol–water partition coefficient (Wildman–Crippen LogP) is 0.402. The smallest absolute Gasteiger partial charge is 0.872 e. The molecule has 6 nitrogen and oxygen atoms in total. The van der Waals surface area contributed by atoms with Gasteiger partial charge in [0.2, 0.25) is 0 Å². The number of hydrogen-bond acceptors (Lipinski definition) is 6. The van der Waals surface area contributed by atoms with E-state index in [1.807, 2.05) is 36.4 Å². The van der Waals surface area contributed by atoms with Crippen molar-refractivity contribution in [2.45, 2.75) is 59.0 Å². The molecule has 7 heteroatoms. The van der Waals surface area contributed by atoms with Gasteiger partial charge in [0.25, 0.3) is 0 Å². The third-order valence-corrected chi connectivity index (χ3v) is 5.63. The van der Waals surface area contributed by atoms with Crippen molar-refractivity contribution < 1.29 is 39.4 Å². The minimum Gasteiger partial charge on any atom is -0.872 e.